The lowest BCUT2D eigenvalue weighted by Crippen LogP contribution is -2.27. The van der Waals surface area contributed by atoms with Crippen molar-refractivity contribution in [3.05, 3.63) is 42.2 Å². The zero-order valence-corrected chi connectivity index (χ0v) is 13.0. The normalized spacial score (nSPS) is 22.8. The quantitative estimate of drug-likeness (QED) is 0.837. The molecule has 2 aromatic rings. The maximum atomic E-state index is 4.70. The lowest BCUT2D eigenvalue weighted by atomic mass is 9.97. The average molecular weight is 283 g/mol. The topological polar surface area (TPSA) is 29.9 Å². The van der Waals surface area contributed by atoms with Gasteiger partial charge in [0.25, 0.3) is 0 Å². The predicted molar refractivity (Wildman–Crippen MR) is 88.0 cm³/mol. The highest BCUT2D eigenvalue weighted by atomic mass is 15.2. The molecule has 3 heteroatoms. The van der Waals surface area contributed by atoms with E-state index in [-0.39, 0.29) is 0 Å². The molecule has 21 heavy (non-hydrogen) atoms. The summed E-state index contributed by atoms with van der Waals surface area (Å²) in [4.78, 5) is 4.70. The van der Waals surface area contributed by atoms with Crippen molar-refractivity contribution in [2.45, 2.75) is 52.0 Å². The van der Waals surface area contributed by atoms with Gasteiger partial charge in [0.1, 0.15) is 0 Å². The van der Waals surface area contributed by atoms with Crippen molar-refractivity contribution in [2.75, 3.05) is 5.32 Å². The van der Waals surface area contributed by atoms with Crippen LogP contribution in [0.25, 0.3) is 5.69 Å². The second-order valence-electron chi connectivity index (χ2n) is 6.28. The molecule has 0 aliphatic heterocycles. The third-order valence-corrected chi connectivity index (χ3v) is 4.54. The van der Waals surface area contributed by atoms with E-state index < -0.39 is 0 Å². The van der Waals surface area contributed by atoms with E-state index in [2.05, 4.69) is 54.2 Å². The highest BCUT2D eigenvalue weighted by molar-refractivity contribution is 5.43. The maximum Gasteiger partial charge on any atom is 0.207 e. The molecule has 0 radical (unpaired) electrons. The number of rotatable bonds is 3. The Morgan fingerprint density at radius 1 is 1.10 bits per heavy atom. The Morgan fingerprint density at radius 3 is 2.67 bits per heavy atom. The molecular formula is C18H25N3. The van der Waals surface area contributed by atoms with Crippen LogP contribution in [0.5, 0.6) is 0 Å². The minimum atomic E-state index is 0.539. The van der Waals surface area contributed by atoms with E-state index in [1.54, 1.807) is 0 Å². The van der Waals surface area contributed by atoms with Gasteiger partial charge in [0.15, 0.2) is 0 Å². The van der Waals surface area contributed by atoms with Gasteiger partial charge in [-0.05, 0) is 37.8 Å². The molecule has 1 aromatic carbocycles. The summed E-state index contributed by atoms with van der Waals surface area (Å²) in [6.45, 7) is 4.42. The molecule has 3 nitrogen and oxygen atoms in total. The third-order valence-electron chi connectivity index (χ3n) is 4.54. The van der Waals surface area contributed by atoms with Crippen LogP contribution in [0.15, 0.2) is 36.5 Å². The number of hydrogen-bond acceptors (Lipinski definition) is 2. The van der Waals surface area contributed by atoms with Crippen LogP contribution in [-0.4, -0.2) is 15.6 Å². The number of hydrogen-bond donors (Lipinski definition) is 1. The summed E-state index contributed by atoms with van der Waals surface area (Å²) >= 11 is 0. The maximum absolute atomic E-state index is 4.70. The van der Waals surface area contributed by atoms with Crippen LogP contribution >= 0.6 is 0 Å². The van der Waals surface area contributed by atoms with E-state index in [1.165, 1.54) is 37.8 Å². The minimum absolute atomic E-state index is 0.539. The number of nitrogens with one attached hydrogen (secondary N) is 1. The van der Waals surface area contributed by atoms with Crippen LogP contribution in [-0.2, 0) is 0 Å². The molecule has 3 rings (SSSR count). The van der Waals surface area contributed by atoms with E-state index in [4.69, 9.17) is 4.98 Å². The van der Waals surface area contributed by atoms with Gasteiger partial charge in [-0.2, -0.15) is 0 Å². The summed E-state index contributed by atoms with van der Waals surface area (Å²) in [5, 5.41) is 3.71. The highest BCUT2D eigenvalue weighted by Gasteiger charge is 2.21. The fourth-order valence-electron chi connectivity index (χ4n) is 3.26. The second kappa shape index (κ2) is 6.33. The molecule has 0 bridgehead atoms. The SMILES string of the molecule is Cc1cn(-c2ccccc2)c(NC2CCCCCC2C)n1. The molecule has 2 atom stereocenters. The molecule has 0 amide bonds. The Balaban J connectivity index is 1.85. The zero-order valence-electron chi connectivity index (χ0n) is 13.0. The first-order valence-electron chi connectivity index (χ1n) is 8.12. The van der Waals surface area contributed by atoms with Gasteiger partial charge in [-0.1, -0.05) is 44.4 Å². The predicted octanol–water partition coefficient (Wildman–Crippen LogP) is 4.56. The Bertz CT molecular complexity index is 573. The van der Waals surface area contributed by atoms with Gasteiger partial charge in [-0.25, -0.2) is 4.98 Å². The summed E-state index contributed by atoms with van der Waals surface area (Å²) in [6.07, 6.45) is 8.75. The van der Waals surface area contributed by atoms with Crippen molar-refractivity contribution < 1.29 is 0 Å². The van der Waals surface area contributed by atoms with E-state index >= 15 is 0 Å². The molecule has 1 heterocycles. The number of para-hydroxylation sites is 1. The third kappa shape index (κ3) is 3.29. The summed E-state index contributed by atoms with van der Waals surface area (Å²) in [5.41, 5.74) is 2.23. The summed E-state index contributed by atoms with van der Waals surface area (Å²) < 4.78 is 2.17. The standard InChI is InChI=1S/C18H25N3/c1-14-9-5-3-8-12-17(14)20-18-19-15(2)13-21(18)16-10-6-4-7-11-16/h4,6-7,10-11,13-14,17H,3,5,8-9,12H2,1-2H3,(H,19,20). The van der Waals surface area contributed by atoms with E-state index in [9.17, 15) is 0 Å². The molecule has 1 N–H and O–H groups in total. The number of nitrogens with zero attached hydrogens (tertiary/aromatic N) is 2. The molecule has 112 valence electrons. The van der Waals surface area contributed by atoms with E-state index in [1.807, 2.05) is 6.07 Å². The van der Waals surface area contributed by atoms with Gasteiger partial charge in [0, 0.05) is 17.9 Å². The summed E-state index contributed by atoms with van der Waals surface area (Å²) in [6, 6.07) is 11.0. The molecule has 1 saturated carbocycles. The van der Waals surface area contributed by atoms with Crippen LogP contribution in [0, 0.1) is 12.8 Å². The van der Waals surface area contributed by atoms with Crippen LogP contribution in [0.1, 0.15) is 44.7 Å². The monoisotopic (exact) mass is 283 g/mol. The number of imidazole rings is 1. The molecule has 1 aromatic heterocycles. The largest absolute Gasteiger partial charge is 0.352 e. The fraction of sp³-hybridized carbons (Fsp3) is 0.500. The van der Waals surface area contributed by atoms with Crippen LogP contribution in [0.3, 0.4) is 0 Å². The minimum Gasteiger partial charge on any atom is -0.352 e. The van der Waals surface area contributed by atoms with Crippen molar-refractivity contribution in [1.29, 1.82) is 0 Å². The molecule has 2 unspecified atom stereocenters. The Hall–Kier alpha value is -1.77. The number of anilines is 1. The molecule has 1 fully saturated rings. The summed E-state index contributed by atoms with van der Waals surface area (Å²) in [5.74, 6) is 1.70. The molecular weight excluding hydrogens is 258 g/mol. The van der Waals surface area contributed by atoms with Crippen molar-refractivity contribution in [3.63, 3.8) is 0 Å². The van der Waals surface area contributed by atoms with Crippen molar-refractivity contribution in [3.8, 4) is 5.69 Å². The van der Waals surface area contributed by atoms with Gasteiger partial charge in [-0.3, -0.25) is 4.57 Å². The number of aryl methyl sites for hydroxylation is 1. The van der Waals surface area contributed by atoms with E-state index in [0.29, 0.717) is 12.0 Å². The molecule has 0 saturated heterocycles. The van der Waals surface area contributed by atoms with Crippen LogP contribution < -0.4 is 5.32 Å². The first-order valence-corrected chi connectivity index (χ1v) is 8.12. The first-order chi connectivity index (χ1) is 10.2. The highest BCUT2D eigenvalue weighted by Crippen LogP contribution is 2.26. The Morgan fingerprint density at radius 2 is 1.86 bits per heavy atom. The molecule has 1 aliphatic carbocycles. The van der Waals surface area contributed by atoms with Crippen molar-refractivity contribution >= 4 is 5.95 Å². The van der Waals surface area contributed by atoms with E-state index in [0.717, 1.165) is 11.6 Å². The molecule has 1 aliphatic rings. The fourth-order valence-corrected chi connectivity index (χ4v) is 3.26. The Labute approximate surface area is 127 Å². The first kappa shape index (κ1) is 14.2. The number of aromatic nitrogens is 2. The van der Waals surface area contributed by atoms with Gasteiger partial charge in [-0.15, -0.1) is 0 Å². The van der Waals surface area contributed by atoms with Crippen molar-refractivity contribution in [2.24, 2.45) is 5.92 Å². The zero-order chi connectivity index (χ0) is 14.7. The molecule has 0 spiro atoms. The van der Waals surface area contributed by atoms with Gasteiger partial charge < -0.3 is 5.32 Å². The van der Waals surface area contributed by atoms with Gasteiger partial charge in [0.2, 0.25) is 5.95 Å². The van der Waals surface area contributed by atoms with Crippen molar-refractivity contribution in [1.82, 2.24) is 9.55 Å². The van der Waals surface area contributed by atoms with Gasteiger partial charge >= 0.3 is 0 Å². The number of benzene rings is 1. The lowest BCUT2D eigenvalue weighted by Gasteiger charge is -2.23. The van der Waals surface area contributed by atoms with Crippen LogP contribution in [0.4, 0.5) is 5.95 Å². The Kier molecular flexibility index (Phi) is 4.28. The smallest absolute Gasteiger partial charge is 0.207 e. The average Bonchev–Trinajstić information content (AvgIpc) is 2.74. The van der Waals surface area contributed by atoms with Crippen LogP contribution in [0.2, 0.25) is 0 Å². The van der Waals surface area contributed by atoms with Gasteiger partial charge in [0.05, 0.1) is 5.69 Å². The summed E-state index contributed by atoms with van der Waals surface area (Å²) in [7, 11) is 0. The lowest BCUT2D eigenvalue weighted by molar-refractivity contribution is 0.454. The second-order valence-corrected chi connectivity index (χ2v) is 6.28.